The Hall–Kier alpha value is -2.14. The first kappa shape index (κ1) is 13.8. The molecule has 0 fully saturated rings. The minimum atomic E-state index is 0.0493. The summed E-state index contributed by atoms with van der Waals surface area (Å²) in [6.45, 7) is 0. The van der Waals surface area contributed by atoms with Crippen molar-refractivity contribution in [3.05, 3.63) is 64.4 Å². The summed E-state index contributed by atoms with van der Waals surface area (Å²) in [5.74, 6) is 0.801. The molecule has 0 N–H and O–H groups in total. The molecule has 4 nitrogen and oxygen atoms in total. The maximum Gasteiger partial charge on any atom is 0.171 e. The Morgan fingerprint density at radius 2 is 2.19 bits per heavy atom. The number of carbonyl (C=O) groups is 1. The minimum Gasteiger partial charge on any atom is -0.496 e. The van der Waals surface area contributed by atoms with Gasteiger partial charge in [-0.1, -0.05) is 12.1 Å². The van der Waals surface area contributed by atoms with E-state index in [0.29, 0.717) is 12.0 Å². The van der Waals surface area contributed by atoms with Gasteiger partial charge in [-0.25, -0.2) is 4.52 Å². The molecule has 2 aromatic heterocycles. The zero-order valence-electron chi connectivity index (χ0n) is 11.4. The lowest BCUT2D eigenvalue weighted by Crippen LogP contribution is -2.03. The van der Waals surface area contributed by atoms with Crippen LogP contribution in [0.1, 0.15) is 15.9 Å². The number of ether oxygens (including phenoxy) is 1. The fourth-order valence-electron chi connectivity index (χ4n) is 2.25. The Kier molecular flexibility index (Phi) is 3.75. The van der Waals surface area contributed by atoms with Crippen molar-refractivity contribution in [3.63, 3.8) is 0 Å². The lowest BCUT2D eigenvalue weighted by Gasteiger charge is -2.05. The van der Waals surface area contributed by atoms with E-state index in [1.807, 2.05) is 42.6 Å². The zero-order valence-corrected chi connectivity index (χ0v) is 13.0. The van der Waals surface area contributed by atoms with E-state index in [2.05, 4.69) is 21.0 Å². The fourth-order valence-corrected chi connectivity index (χ4v) is 2.84. The number of carbonyl (C=O) groups excluding carboxylic acids is 1. The predicted molar refractivity (Wildman–Crippen MR) is 83.9 cm³/mol. The van der Waals surface area contributed by atoms with E-state index >= 15 is 0 Å². The standard InChI is InChI=1S/C16H13BrN2O2/c1-21-16-6-5-11(8-13(16)17)9-15(20)12-10-18-19-7-3-2-4-14(12)19/h2-8,10H,9H2,1H3. The van der Waals surface area contributed by atoms with Crippen LogP contribution >= 0.6 is 15.9 Å². The Bertz CT molecular complexity index is 811. The van der Waals surface area contributed by atoms with Gasteiger partial charge in [0, 0.05) is 12.6 Å². The van der Waals surface area contributed by atoms with Crippen molar-refractivity contribution >= 4 is 27.2 Å². The Morgan fingerprint density at radius 3 is 2.95 bits per heavy atom. The molecular formula is C16H13BrN2O2. The number of Topliss-reactive ketones (excluding diaryl/α,β-unsaturated/α-hetero) is 1. The second-order valence-corrected chi connectivity index (χ2v) is 5.51. The van der Waals surface area contributed by atoms with Crippen molar-refractivity contribution in [1.29, 1.82) is 0 Å². The van der Waals surface area contributed by atoms with Gasteiger partial charge < -0.3 is 4.74 Å². The van der Waals surface area contributed by atoms with Crippen LogP contribution in [0, 0.1) is 0 Å². The number of hydrogen-bond donors (Lipinski definition) is 0. The van der Waals surface area contributed by atoms with Crippen LogP contribution in [-0.2, 0) is 6.42 Å². The summed E-state index contributed by atoms with van der Waals surface area (Å²) in [7, 11) is 1.61. The fraction of sp³-hybridized carbons (Fsp3) is 0.125. The normalized spacial score (nSPS) is 10.8. The van der Waals surface area contributed by atoms with E-state index in [0.717, 1.165) is 21.3 Å². The molecule has 0 atom stereocenters. The number of fused-ring (bicyclic) bond motifs is 1. The zero-order chi connectivity index (χ0) is 14.8. The highest BCUT2D eigenvalue weighted by Crippen LogP contribution is 2.26. The van der Waals surface area contributed by atoms with E-state index in [4.69, 9.17) is 4.74 Å². The number of halogens is 1. The summed E-state index contributed by atoms with van der Waals surface area (Å²) in [5, 5.41) is 4.19. The van der Waals surface area contributed by atoms with Crippen LogP contribution in [0.15, 0.2) is 53.3 Å². The second-order valence-electron chi connectivity index (χ2n) is 4.66. The van der Waals surface area contributed by atoms with Gasteiger partial charge in [0.1, 0.15) is 5.75 Å². The first-order chi connectivity index (χ1) is 10.2. The van der Waals surface area contributed by atoms with Crippen molar-refractivity contribution in [2.45, 2.75) is 6.42 Å². The molecule has 2 heterocycles. The summed E-state index contributed by atoms with van der Waals surface area (Å²) in [6, 6.07) is 11.3. The summed E-state index contributed by atoms with van der Waals surface area (Å²) in [5.41, 5.74) is 2.40. The van der Waals surface area contributed by atoms with Gasteiger partial charge in [0.15, 0.2) is 5.78 Å². The average Bonchev–Trinajstić information content (AvgIpc) is 2.91. The number of methoxy groups -OCH3 is 1. The van der Waals surface area contributed by atoms with Crippen LogP contribution < -0.4 is 4.74 Å². The van der Waals surface area contributed by atoms with Gasteiger partial charge >= 0.3 is 0 Å². The van der Waals surface area contributed by atoms with Crippen LogP contribution in [0.4, 0.5) is 0 Å². The lowest BCUT2D eigenvalue weighted by molar-refractivity contribution is 0.0994. The molecule has 0 amide bonds. The van der Waals surface area contributed by atoms with Gasteiger partial charge in [0.2, 0.25) is 0 Å². The summed E-state index contributed by atoms with van der Waals surface area (Å²) in [6.07, 6.45) is 3.78. The van der Waals surface area contributed by atoms with E-state index in [1.54, 1.807) is 17.8 Å². The van der Waals surface area contributed by atoms with Crippen molar-refractivity contribution in [2.24, 2.45) is 0 Å². The molecule has 0 saturated carbocycles. The molecule has 0 bridgehead atoms. The van der Waals surface area contributed by atoms with Crippen molar-refractivity contribution < 1.29 is 9.53 Å². The minimum absolute atomic E-state index is 0.0493. The van der Waals surface area contributed by atoms with Gasteiger partial charge in [-0.15, -0.1) is 0 Å². The molecule has 0 radical (unpaired) electrons. The van der Waals surface area contributed by atoms with Crippen LogP contribution in [0.2, 0.25) is 0 Å². The molecule has 3 rings (SSSR count). The maximum absolute atomic E-state index is 12.5. The smallest absolute Gasteiger partial charge is 0.171 e. The van der Waals surface area contributed by atoms with Crippen LogP contribution in [0.3, 0.4) is 0 Å². The Morgan fingerprint density at radius 1 is 1.33 bits per heavy atom. The Labute approximate surface area is 130 Å². The Balaban J connectivity index is 1.88. The third-order valence-electron chi connectivity index (χ3n) is 3.31. The van der Waals surface area contributed by atoms with E-state index in [-0.39, 0.29) is 5.78 Å². The summed E-state index contributed by atoms with van der Waals surface area (Å²) < 4.78 is 7.74. The molecular weight excluding hydrogens is 332 g/mol. The third-order valence-corrected chi connectivity index (χ3v) is 3.93. The molecule has 21 heavy (non-hydrogen) atoms. The molecule has 0 spiro atoms. The van der Waals surface area contributed by atoms with Crippen molar-refractivity contribution in [2.75, 3.05) is 7.11 Å². The molecule has 106 valence electrons. The molecule has 0 aliphatic heterocycles. The summed E-state index contributed by atoms with van der Waals surface area (Å²) >= 11 is 3.43. The number of pyridine rings is 1. The number of rotatable bonds is 4. The van der Waals surface area contributed by atoms with E-state index in [1.165, 1.54) is 0 Å². The lowest BCUT2D eigenvalue weighted by atomic mass is 10.0. The highest BCUT2D eigenvalue weighted by atomic mass is 79.9. The predicted octanol–water partition coefficient (Wildman–Crippen LogP) is 3.53. The van der Waals surface area contributed by atoms with Gasteiger partial charge in [0.05, 0.1) is 28.9 Å². The maximum atomic E-state index is 12.5. The SMILES string of the molecule is COc1ccc(CC(=O)c2cnn3ccccc23)cc1Br. The van der Waals surface area contributed by atoms with Gasteiger partial charge in [-0.3, -0.25) is 4.79 Å². The molecule has 0 aliphatic rings. The first-order valence-electron chi connectivity index (χ1n) is 6.47. The topological polar surface area (TPSA) is 43.6 Å². The van der Waals surface area contributed by atoms with Gasteiger partial charge in [-0.2, -0.15) is 5.10 Å². The first-order valence-corrected chi connectivity index (χ1v) is 7.26. The molecule has 3 aromatic rings. The number of hydrogen-bond acceptors (Lipinski definition) is 3. The largest absolute Gasteiger partial charge is 0.496 e. The van der Waals surface area contributed by atoms with Gasteiger partial charge in [-0.05, 0) is 45.8 Å². The molecule has 0 unspecified atom stereocenters. The van der Waals surface area contributed by atoms with Crippen LogP contribution in [-0.4, -0.2) is 22.5 Å². The summed E-state index contributed by atoms with van der Waals surface area (Å²) in [4.78, 5) is 12.5. The number of aromatic nitrogens is 2. The van der Waals surface area contributed by atoms with Crippen LogP contribution in [0.25, 0.3) is 5.52 Å². The van der Waals surface area contributed by atoms with E-state index in [9.17, 15) is 4.79 Å². The highest BCUT2D eigenvalue weighted by Gasteiger charge is 2.13. The number of nitrogens with zero attached hydrogens (tertiary/aromatic N) is 2. The molecule has 0 aliphatic carbocycles. The highest BCUT2D eigenvalue weighted by molar-refractivity contribution is 9.10. The monoisotopic (exact) mass is 344 g/mol. The number of ketones is 1. The molecule has 1 aromatic carbocycles. The van der Waals surface area contributed by atoms with Crippen molar-refractivity contribution in [1.82, 2.24) is 9.61 Å². The third kappa shape index (κ3) is 2.69. The quantitative estimate of drug-likeness (QED) is 0.680. The molecule has 5 heteroatoms. The van der Waals surface area contributed by atoms with E-state index < -0.39 is 0 Å². The van der Waals surface area contributed by atoms with Crippen molar-refractivity contribution in [3.8, 4) is 5.75 Å². The molecule has 0 saturated heterocycles. The second kappa shape index (κ2) is 5.69. The average molecular weight is 345 g/mol. The van der Waals surface area contributed by atoms with Crippen LogP contribution in [0.5, 0.6) is 5.75 Å². The van der Waals surface area contributed by atoms with Gasteiger partial charge in [0.25, 0.3) is 0 Å². The number of benzene rings is 1.